The van der Waals surface area contributed by atoms with Gasteiger partial charge in [-0.2, -0.15) is 0 Å². The largest absolute Gasteiger partial charge is 0.368 e. The van der Waals surface area contributed by atoms with Gasteiger partial charge < -0.3 is 4.74 Å². The first-order chi connectivity index (χ1) is 13.2. The van der Waals surface area contributed by atoms with E-state index in [0.717, 1.165) is 52.9 Å². The fourth-order valence-electron chi connectivity index (χ4n) is 3.68. The number of fused-ring (bicyclic) bond motifs is 1. The number of Topliss-reactive ketones (excluding diaryl/α,β-unsaturated/α-hetero) is 1. The third-order valence-electron chi connectivity index (χ3n) is 5.30. The number of nitrogens with zero attached hydrogens (tertiary/aromatic N) is 3. The molecule has 2 fully saturated rings. The third-order valence-corrected chi connectivity index (χ3v) is 6.31. The first kappa shape index (κ1) is 17.4. The molecule has 1 saturated carbocycles. The minimum atomic E-state index is -0.281. The number of ketones is 1. The highest BCUT2D eigenvalue weighted by Crippen LogP contribution is 2.33. The normalized spacial score (nSPS) is 21.0. The number of carbonyl (C=O) groups excluding carboxylic acids is 1. The first-order valence-electron chi connectivity index (χ1n) is 9.27. The van der Waals surface area contributed by atoms with Crippen LogP contribution in [0, 0.1) is 5.92 Å². The first-order valence-corrected chi connectivity index (χ1v) is 10.5. The molecule has 1 aliphatic heterocycles. The summed E-state index contributed by atoms with van der Waals surface area (Å²) in [6.45, 7) is 2.83. The number of hydrogen-bond acceptors (Lipinski definition) is 5. The van der Waals surface area contributed by atoms with Gasteiger partial charge >= 0.3 is 0 Å². The fourth-order valence-corrected chi connectivity index (χ4v) is 4.54. The van der Waals surface area contributed by atoms with Crippen molar-refractivity contribution in [1.29, 1.82) is 0 Å². The van der Waals surface area contributed by atoms with E-state index < -0.39 is 0 Å². The molecule has 27 heavy (non-hydrogen) atoms. The summed E-state index contributed by atoms with van der Waals surface area (Å²) in [7, 11) is 0. The highest BCUT2D eigenvalue weighted by atomic mass is 35.5. The van der Waals surface area contributed by atoms with Gasteiger partial charge in [-0.25, -0.2) is 4.98 Å². The van der Waals surface area contributed by atoms with Gasteiger partial charge in [0.15, 0.2) is 10.7 Å². The summed E-state index contributed by atoms with van der Waals surface area (Å²) in [6, 6.07) is 7.81. The van der Waals surface area contributed by atoms with Crippen LogP contribution in [0.3, 0.4) is 0 Å². The van der Waals surface area contributed by atoms with Crippen molar-refractivity contribution in [2.45, 2.75) is 25.5 Å². The second-order valence-electron chi connectivity index (χ2n) is 7.24. The molecule has 2 aromatic heterocycles. The van der Waals surface area contributed by atoms with Crippen LogP contribution in [0.2, 0.25) is 5.02 Å². The van der Waals surface area contributed by atoms with Crippen molar-refractivity contribution in [3.05, 3.63) is 46.6 Å². The molecule has 7 heteroatoms. The van der Waals surface area contributed by atoms with Crippen molar-refractivity contribution in [2.24, 2.45) is 5.92 Å². The molecule has 140 valence electrons. The molecular weight excluding hydrogens is 382 g/mol. The Labute approximate surface area is 166 Å². The van der Waals surface area contributed by atoms with Gasteiger partial charge in [-0.3, -0.25) is 14.1 Å². The molecule has 0 radical (unpaired) electrons. The van der Waals surface area contributed by atoms with Gasteiger partial charge in [-0.1, -0.05) is 23.7 Å². The minimum Gasteiger partial charge on any atom is -0.368 e. The Morgan fingerprint density at radius 2 is 2.11 bits per heavy atom. The summed E-state index contributed by atoms with van der Waals surface area (Å²) in [5.74, 6) is 0.518. The number of halogens is 1. The monoisotopic (exact) mass is 401 g/mol. The molecule has 0 amide bonds. The van der Waals surface area contributed by atoms with Crippen molar-refractivity contribution in [2.75, 3.05) is 19.7 Å². The maximum Gasteiger partial charge on any atom is 0.194 e. The highest BCUT2D eigenvalue weighted by molar-refractivity contribution is 7.15. The molecule has 0 N–H and O–H groups in total. The molecule has 1 unspecified atom stereocenters. The van der Waals surface area contributed by atoms with Crippen LogP contribution in [-0.4, -0.2) is 45.9 Å². The maximum absolute atomic E-state index is 12.4. The lowest BCUT2D eigenvalue weighted by Gasteiger charge is -2.32. The van der Waals surface area contributed by atoms with Crippen LogP contribution in [0.1, 0.15) is 18.5 Å². The molecule has 1 aromatic carbocycles. The zero-order valence-electron chi connectivity index (χ0n) is 14.8. The van der Waals surface area contributed by atoms with Crippen LogP contribution in [-0.2, 0) is 16.1 Å². The number of rotatable bonds is 5. The minimum absolute atomic E-state index is 0.234. The Morgan fingerprint density at radius 3 is 2.89 bits per heavy atom. The van der Waals surface area contributed by atoms with Crippen molar-refractivity contribution < 1.29 is 9.53 Å². The van der Waals surface area contributed by atoms with Crippen LogP contribution >= 0.6 is 22.9 Å². The predicted molar refractivity (Wildman–Crippen MR) is 106 cm³/mol. The van der Waals surface area contributed by atoms with E-state index in [4.69, 9.17) is 21.3 Å². The fraction of sp³-hybridized carbons (Fsp3) is 0.400. The molecule has 5 rings (SSSR count). The van der Waals surface area contributed by atoms with Gasteiger partial charge in [0.2, 0.25) is 0 Å². The number of benzene rings is 1. The van der Waals surface area contributed by atoms with E-state index in [1.54, 1.807) is 11.3 Å². The number of ether oxygens (including phenoxy) is 1. The highest BCUT2D eigenvalue weighted by Gasteiger charge is 2.37. The zero-order valence-corrected chi connectivity index (χ0v) is 16.4. The smallest absolute Gasteiger partial charge is 0.194 e. The second kappa shape index (κ2) is 7.02. The zero-order chi connectivity index (χ0) is 18.4. The van der Waals surface area contributed by atoms with E-state index in [0.29, 0.717) is 13.2 Å². The number of imidazole rings is 1. The molecule has 3 aromatic rings. The summed E-state index contributed by atoms with van der Waals surface area (Å²) in [5, 5.41) is 2.77. The van der Waals surface area contributed by atoms with E-state index in [2.05, 4.69) is 20.9 Å². The van der Waals surface area contributed by atoms with Gasteiger partial charge in [0, 0.05) is 47.7 Å². The number of carbonyl (C=O) groups is 1. The van der Waals surface area contributed by atoms with Crippen molar-refractivity contribution in [1.82, 2.24) is 14.3 Å². The standard InChI is InChI=1S/C20H20ClN3O2S/c21-15-5-3-13(4-6-15)18-16(24-8-10-27-20(24)22-18)11-23-7-9-26-17(12-23)19(25)14-1-2-14/h3-6,8,10,14,17H,1-2,7,9,11-12H2. The number of thiazole rings is 1. The van der Waals surface area contributed by atoms with Crippen molar-refractivity contribution in [3.8, 4) is 11.3 Å². The lowest BCUT2D eigenvalue weighted by Crippen LogP contribution is -2.46. The van der Waals surface area contributed by atoms with E-state index in [1.807, 2.05) is 24.3 Å². The van der Waals surface area contributed by atoms with Gasteiger partial charge in [0.05, 0.1) is 18.0 Å². The van der Waals surface area contributed by atoms with Crippen LogP contribution in [0.4, 0.5) is 0 Å². The molecule has 1 atom stereocenters. The summed E-state index contributed by atoms with van der Waals surface area (Å²) < 4.78 is 7.92. The summed E-state index contributed by atoms with van der Waals surface area (Å²) in [4.78, 5) is 20.6. The molecule has 0 bridgehead atoms. The van der Waals surface area contributed by atoms with Gasteiger partial charge in [0.25, 0.3) is 0 Å². The molecule has 1 aliphatic carbocycles. The summed E-state index contributed by atoms with van der Waals surface area (Å²) in [6.07, 6.45) is 3.83. The summed E-state index contributed by atoms with van der Waals surface area (Å²) in [5.41, 5.74) is 3.19. The van der Waals surface area contributed by atoms with E-state index in [1.165, 1.54) is 0 Å². The Balaban J connectivity index is 1.43. The van der Waals surface area contributed by atoms with E-state index in [9.17, 15) is 4.79 Å². The molecule has 0 spiro atoms. The SMILES string of the molecule is O=C(C1CC1)C1CN(Cc2c(-c3ccc(Cl)cc3)nc3sccn23)CCO1. The number of morpholine rings is 1. The van der Waals surface area contributed by atoms with E-state index >= 15 is 0 Å². The Hall–Kier alpha value is -1.73. The Bertz CT molecular complexity index is 977. The lowest BCUT2D eigenvalue weighted by molar-refractivity contribution is -0.137. The molecular formula is C20H20ClN3O2S. The average Bonchev–Trinajstić information content (AvgIpc) is 3.34. The number of hydrogen-bond donors (Lipinski definition) is 0. The van der Waals surface area contributed by atoms with Crippen molar-refractivity contribution >= 4 is 33.7 Å². The van der Waals surface area contributed by atoms with Crippen LogP contribution < -0.4 is 0 Å². The lowest BCUT2D eigenvalue weighted by atomic mass is 10.1. The van der Waals surface area contributed by atoms with Crippen LogP contribution in [0.15, 0.2) is 35.8 Å². The average molecular weight is 402 g/mol. The van der Waals surface area contributed by atoms with Gasteiger partial charge in [-0.05, 0) is 25.0 Å². The Morgan fingerprint density at radius 1 is 1.30 bits per heavy atom. The predicted octanol–water partition coefficient (Wildman–Crippen LogP) is 3.90. The topological polar surface area (TPSA) is 46.8 Å². The third kappa shape index (κ3) is 3.43. The molecule has 1 saturated heterocycles. The van der Waals surface area contributed by atoms with Gasteiger partial charge in [0.1, 0.15) is 6.10 Å². The maximum atomic E-state index is 12.4. The number of aromatic nitrogens is 2. The molecule has 3 heterocycles. The molecule has 5 nitrogen and oxygen atoms in total. The van der Waals surface area contributed by atoms with Crippen molar-refractivity contribution in [3.63, 3.8) is 0 Å². The van der Waals surface area contributed by atoms with E-state index in [-0.39, 0.29) is 17.8 Å². The van der Waals surface area contributed by atoms with Crippen LogP contribution in [0.25, 0.3) is 16.2 Å². The quantitative estimate of drug-likeness (QED) is 0.650. The Kier molecular flexibility index (Phi) is 4.52. The summed E-state index contributed by atoms with van der Waals surface area (Å²) >= 11 is 7.68. The van der Waals surface area contributed by atoms with Crippen LogP contribution in [0.5, 0.6) is 0 Å². The molecule has 2 aliphatic rings. The second-order valence-corrected chi connectivity index (χ2v) is 8.55. The van der Waals surface area contributed by atoms with Gasteiger partial charge in [-0.15, -0.1) is 11.3 Å².